The summed E-state index contributed by atoms with van der Waals surface area (Å²) in [5.41, 5.74) is 0. The zero-order valence-corrected chi connectivity index (χ0v) is 7.42. The first-order valence-electron chi connectivity index (χ1n) is 4.49. The first-order valence-corrected chi connectivity index (χ1v) is 4.49. The maximum atomic E-state index is 11.3. The summed E-state index contributed by atoms with van der Waals surface area (Å²) in [6.45, 7) is 0. The van der Waals surface area contributed by atoms with Crippen LogP contribution in [-0.2, 0) is 4.79 Å². The summed E-state index contributed by atoms with van der Waals surface area (Å²) >= 11 is 0. The molecule has 3 nitrogen and oxygen atoms in total. The molecule has 1 aromatic rings. The van der Waals surface area contributed by atoms with E-state index < -0.39 is 0 Å². The Morgan fingerprint density at radius 3 is 2.86 bits per heavy atom. The Morgan fingerprint density at radius 2 is 2.00 bits per heavy atom. The maximum Gasteiger partial charge on any atom is 0.274 e. The molecule has 0 N–H and O–H groups in total. The van der Waals surface area contributed by atoms with E-state index in [-0.39, 0.29) is 11.9 Å². The number of carbonyl (C=O) groups excluding carboxylic acids is 1. The molecule has 0 aliphatic carbocycles. The van der Waals surface area contributed by atoms with Crippen molar-refractivity contribution in [3.05, 3.63) is 34.7 Å². The first kappa shape index (κ1) is 7.50. The van der Waals surface area contributed by atoms with Crippen LogP contribution < -0.4 is 10.4 Å². The highest BCUT2D eigenvalue weighted by atomic mass is 16.2. The van der Waals surface area contributed by atoms with Crippen LogP contribution in [0.4, 0.5) is 0 Å². The Bertz CT molecular complexity index is 545. The summed E-state index contributed by atoms with van der Waals surface area (Å²) in [7, 11) is 0. The van der Waals surface area contributed by atoms with E-state index in [0.717, 1.165) is 10.4 Å². The highest BCUT2D eigenvalue weighted by Crippen LogP contribution is 2.10. The fraction of sp³-hybridized carbons (Fsp3) is 0.0909. The number of carbonyl (C=O) groups is 1. The summed E-state index contributed by atoms with van der Waals surface area (Å²) in [6.07, 6.45) is 5.48. The third-order valence-corrected chi connectivity index (χ3v) is 2.51. The van der Waals surface area contributed by atoms with E-state index in [1.54, 1.807) is 6.34 Å². The van der Waals surface area contributed by atoms with Gasteiger partial charge in [0.15, 0.2) is 0 Å². The van der Waals surface area contributed by atoms with E-state index >= 15 is 0 Å². The number of benzene rings is 1. The molecule has 2 aliphatic heterocycles. The summed E-state index contributed by atoms with van der Waals surface area (Å²) < 4.78 is 0. The fourth-order valence-corrected chi connectivity index (χ4v) is 1.78. The molecular weight excluding hydrogens is 176 g/mol. The van der Waals surface area contributed by atoms with Crippen LogP contribution in [-0.4, -0.2) is 23.2 Å². The molecule has 0 fully saturated rings. The molecule has 3 rings (SSSR count). The van der Waals surface area contributed by atoms with Crippen molar-refractivity contribution in [1.82, 2.24) is 4.90 Å². The van der Waals surface area contributed by atoms with Gasteiger partial charge in [0, 0.05) is 6.20 Å². The van der Waals surface area contributed by atoms with Gasteiger partial charge >= 0.3 is 0 Å². The molecule has 3 heteroatoms. The molecule has 1 amide bonds. The summed E-state index contributed by atoms with van der Waals surface area (Å²) in [6, 6.07) is 7.77. The zero-order chi connectivity index (χ0) is 9.54. The van der Waals surface area contributed by atoms with Crippen LogP contribution in [0.25, 0.3) is 12.3 Å². The number of hydrogen-bond donors (Lipinski definition) is 0. The summed E-state index contributed by atoms with van der Waals surface area (Å²) in [5, 5.41) is 2.23. The highest BCUT2D eigenvalue weighted by Gasteiger charge is 2.26. The van der Waals surface area contributed by atoms with Crippen molar-refractivity contribution in [2.75, 3.05) is 0 Å². The molecule has 2 aliphatic rings. The average Bonchev–Trinajstić information content (AvgIpc) is 2.57. The molecule has 1 atom stereocenters. The second kappa shape index (κ2) is 2.54. The minimum absolute atomic E-state index is 0.0873. The van der Waals surface area contributed by atoms with Crippen LogP contribution >= 0.6 is 0 Å². The number of fused-ring (bicyclic) bond motifs is 2. The van der Waals surface area contributed by atoms with Crippen LogP contribution in [0.1, 0.15) is 0 Å². The standard InChI is InChI=1S/C11H8N2O/c14-11-10-5-8-3-1-2-4-9(8)6-13(10)7-12-11/h1-7,10H. The Hall–Kier alpha value is -1.90. The predicted octanol–water partition coefficient (Wildman–Crippen LogP) is -0.542. The Labute approximate surface area is 80.7 Å². The topological polar surface area (TPSA) is 32.7 Å². The zero-order valence-electron chi connectivity index (χ0n) is 7.42. The van der Waals surface area contributed by atoms with Crippen molar-refractivity contribution in [2.24, 2.45) is 4.99 Å². The minimum atomic E-state index is -0.218. The van der Waals surface area contributed by atoms with E-state index in [4.69, 9.17) is 0 Å². The molecule has 0 spiro atoms. The quantitative estimate of drug-likeness (QED) is 0.542. The first-order chi connectivity index (χ1) is 6.84. The normalized spacial score (nSPS) is 22.4. The molecule has 0 saturated carbocycles. The molecular formula is C11H8N2O. The van der Waals surface area contributed by atoms with Crippen molar-refractivity contribution in [3.8, 4) is 0 Å². The lowest BCUT2D eigenvalue weighted by molar-refractivity contribution is -0.118. The Balaban J connectivity index is 2.28. The molecule has 68 valence electrons. The number of rotatable bonds is 0. The largest absolute Gasteiger partial charge is 0.322 e. The van der Waals surface area contributed by atoms with E-state index in [1.807, 2.05) is 41.4 Å². The SMILES string of the molecule is O=C1N=CN2C=c3ccccc3=CC12. The predicted molar refractivity (Wildman–Crippen MR) is 53.7 cm³/mol. The van der Waals surface area contributed by atoms with E-state index in [9.17, 15) is 4.79 Å². The second-order valence-corrected chi connectivity index (χ2v) is 3.40. The third-order valence-electron chi connectivity index (χ3n) is 2.51. The van der Waals surface area contributed by atoms with Crippen molar-refractivity contribution < 1.29 is 4.79 Å². The smallest absolute Gasteiger partial charge is 0.274 e. The number of aliphatic imine (C=N–C) groups is 1. The van der Waals surface area contributed by atoms with Crippen molar-refractivity contribution in [2.45, 2.75) is 6.04 Å². The molecule has 1 unspecified atom stereocenters. The van der Waals surface area contributed by atoms with Crippen molar-refractivity contribution >= 4 is 24.5 Å². The van der Waals surface area contributed by atoms with Gasteiger partial charge in [0.1, 0.15) is 6.04 Å². The molecule has 0 aromatic heterocycles. The third kappa shape index (κ3) is 0.923. The van der Waals surface area contributed by atoms with Gasteiger partial charge in [-0.1, -0.05) is 24.3 Å². The average molecular weight is 184 g/mol. The number of amides is 1. The van der Waals surface area contributed by atoms with Gasteiger partial charge in [-0.3, -0.25) is 4.79 Å². The monoisotopic (exact) mass is 184 g/mol. The lowest BCUT2D eigenvalue weighted by Crippen LogP contribution is -2.40. The van der Waals surface area contributed by atoms with Crippen LogP contribution in [0, 0.1) is 0 Å². The fourth-order valence-electron chi connectivity index (χ4n) is 1.78. The van der Waals surface area contributed by atoms with Gasteiger partial charge in [0.2, 0.25) is 0 Å². The van der Waals surface area contributed by atoms with Crippen LogP contribution in [0.15, 0.2) is 29.3 Å². The van der Waals surface area contributed by atoms with Gasteiger partial charge in [-0.25, -0.2) is 4.99 Å². The van der Waals surface area contributed by atoms with Crippen molar-refractivity contribution in [1.29, 1.82) is 0 Å². The number of hydrogen-bond acceptors (Lipinski definition) is 2. The minimum Gasteiger partial charge on any atom is -0.322 e. The molecule has 14 heavy (non-hydrogen) atoms. The number of nitrogens with zero attached hydrogens (tertiary/aromatic N) is 2. The highest BCUT2D eigenvalue weighted by molar-refractivity contribution is 6.01. The Kier molecular flexibility index (Phi) is 1.36. The Morgan fingerprint density at radius 1 is 1.21 bits per heavy atom. The van der Waals surface area contributed by atoms with Gasteiger partial charge in [-0.2, -0.15) is 0 Å². The maximum absolute atomic E-state index is 11.3. The molecule has 0 radical (unpaired) electrons. The lowest BCUT2D eigenvalue weighted by Gasteiger charge is -2.18. The van der Waals surface area contributed by atoms with Gasteiger partial charge in [0.25, 0.3) is 5.91 Å². The van der Waals surface area contributed by atoms with Crippen LogP contribution in [0.5, 0.6) is 0 Å². The van der Waals surface area contributed by atoms with Crippen molar-refractivity contribution in [3.63, 3.8) is 0 Å². The lowest BCUT2D eigenvalue weighted by atomic mass is 10.1. The molecule has 2 heterocycles. The van der Waals surface area contributed by atoms with E-state index in [0.29, 0.717) is 0 Å². The molecule has 1 aromatic carbocycles. The van der Waals surface area contributed by atoms with Crippen LogP contribution in [0.2, 0.25) is 0 Å². The van der Waals surface area contributed by atoms with Crippen LogP contribution in [0.3, 0.4) is 0 Å². The van der Waals surface area contributed by atoms with Gasteiger partial charge in [-0.15, -0.1) is 0 Å². The molecule has 0 saturated heterocycles. The summed E-state index contributed by atoms with van der Waals surface area (Å²) in [5.74, 6) is -0.0873. The van der Waals surface area contributed by atoms with Gasteiger partial charge in [0.05, 0.1) is 6.34 Å². The second-order valence-electron chi connectivity index (χ2n) is 3.40. The van der Waals surface area contributed by atoms with E-state index in [2.05, 4.69) is 4.99 Å². The van der Waals surface area contributed by atoms with Gasteiger partial charge < -0.3 is 4.90 Å². The van der Waals surface area contributed by atoms with Gasteiger partial charge in [-0.05, 0) is 16.5 Å². The molecule has 0 bridgehead atoms. The van der Waals surface area contributed by atoms with E-state index in [1.165, 1.54) is 0 Å². The summed E-state index contributed by atoms with van der Waals surface area (Å²) in [4.78, 5) is 16.9.